The highest BCUT2D eigenvalue weighted by Crippen LogP contribution is 2.40. The van der Waals surface area contributed by atoms with Crippen LogP contribution in [0.3, 0.4) is 0 Å². The van der Waals surface area contributed by atoms with E-state index >= 15 is 0 Å². The lowest BCUT2D eigenvalue weighted by Gasteiger charge is -2.25. The number of phenolic OH excluding ortho intramolecular Hbond substituents is 1. The minimum absolute atomic E-state index is 0.000345. The van der Waals surface area contributed by atoms with Gasteiger partial charge in [-0.2, -0.15) is 0 Å². The number of nitrogens with zero attached hydrogens (tertiary/aromatic N) is 1. The third-order valence-electron chi connectivity index (χ3n) is 6.75. The molecule has 1 aliphatic heterocycles. The fourth-order valence-electron chi connectivity index (χ4n) is 4.73. The van der Waals surface area contributed by atoms with E-state index in [0.29, 0.717) is 41.4 Å². The first-order valence-electron chi connectivity index (χ1n) is 12.8. The van der Waals surface area contributed by atoms with Crippen molar-refractivity contribution in [3.63, 3.8) is 0 Å². The maximum Gasteiger partial charge on any atom is 0.295 e. The molecule has 1 heterocycles. The van der Waals surface area contributed by atoms with Gasteiger partial charge in [0.05, 0.1) is 32.4 Å². The number of rotatable bonds is 10. The number of amides is 1. The fourth-order valence-corrected chi connectivity index (χ4v) is 4.73. The zero-order valence-corrected chi connectivity index (χ0v) is 22.6. The Labute approximate surface area is 228 Å². The minimum Gasteiger partial charge on any atom is -0.508 e. The second-order valence-corrected chi connectivity index (χ2v) is 9.35. The SMILES string of the molecule is CCCOc1ccc(/C(O)=C2/C(=O)C(=O)N(CCc3ccc(OC)c(OC)c3)C2c2ccc(O)cc2)cc1C. The standard InChI is InChI=1S/C31H33NO7/c1-5-16-39-24-13-9-22(17-19(24)2)29(34)27-28(21-7-10-23(33)11-8-21)32(31(36)30(27)35)15-14-20-6-12-25(37-3)26(18-20)38-4/h6-13,17-18,28,33-34H,5,14-16H2,1-4H3/b29-27-. The lowest BCUT2D eigenvalue weighted by atomic mass is 9.94. The quantitative estimate of drug-likeness (QED) is 0.211. The third-order valence-corrected chi connectivity index (χ3v) is 6.75. The number of hydrogen-bond acceptors (Lipinski definition) is 7. The van der Waals surface area contributed by atoms with Gasteiger partial charge in [-0.05, 0) is 78.9 Å². The Morgan fingerprint density at radius 3 is 2.26 bits per heavy atom. The van der Waals surface area contributed by atoms with E-state index < -0.39 is 17.7 Å². The summed E-state index contributed by atoms with van der Waals surface area (Å²) in [6.45, 7) is 4.66. The number of ether oxygens (including phenoxy) is 3. The van der Waals surface area contributed by atoms with Crippen molar-refractivity contribution in [1.82, 2.24) is 4.90 Å². The van der Waals surface area contributed by atoms with Crippen molar-refractivity contribution in [1.29, 1.82) is 0 Å². The predicted molar refractivity (Wildman–Crippen MR) is 147 cm³/mol. The lowest BCUT2D eigenvalue weighted by molar-refractivity contribution is -0.139. The predicted octanol–water partition coefficient (Wildman–Crippen LogP) is 5.17. The number of aromatic hydroxyl groups is 1. The van der Waals surface area contributed by atoms with Crippen molar-refractivity contribution in [3.05, 3.63) is 88.5 Å². The monoisotopic (exact) mass is 531 g/mol. The molecule has 0 saturated carbocycles. The second-order valence-electron chi connectivity index (χ2n) is 9.35. The van der Waals surface area contributed by atoms with Gasteiger partial charge in [-0.15, -0.1) is 0 Å². The van der Waals surface area contributed by atoms with Crippen LogP contribution in [-0.4, -0.2) is 54.2 Å². The average Bonchev–Trinajstić information content (AvgIpc) is 3.20. The van der Waals surface area contributed by atoms with Crippen LogP contribution in [0.5, 0.6) is 23.0 Å². The summed E-state index contributed by atoms with van der Waals surface area (Å²) in [6.07, 6.45) is 1.30. The summed E-state index contributed by atoms with van der Waals surface area (Å²) in [5.74, 6) is 0.181. The van der Waals surface area contributed by atoms with Crippen LogP contribution in [0, 0.1) is 6.92 Å². The highest BCUT2D eigenvalue weighted by Gasteiger charge is 2.45. The van der Waals surface area contributed by atoms with Gasteiger partial charge in [0, 0.05) is 12.1 Å². The van der Waals surface area contributed by atoms with Gasteiger partial charge in [-0.25, -0.2) is 0 Å². The molecule has 8 nitrogen and oxygen atoms in total. The van der Waals surface area contributed by atoms with Gasteiger partial charge < -0.3 is 29.3 Å². The topological polar surface area (TPSA) is 106 Å². The van der Waals surface area contributed by atoms with Crippen LogP contribution in [0.1, 0.15) is 41.6 Å². The molecule has 3 aromatic carbocycles. The third kappa shape index (κ3) is 5.70. The zero-order chi connectivity index (χ0) is 28.1. The van der Waals surface area contributed by atoms with E-state index in [2.05, 4.69) is 0 Å². The number of aliphatic hydroxyl groups is 1. The molecule has 8 heteroatoms. The number of carbonyl (C=O) groups is 2. The molecule has 0 bridgehead atoms. The summed E-state index contributed by atoms with van der Waals surface area (Å²) >= 11 is 0. The van der Waals surface area contributed by atoms with E-state index in [-0.39, 0.29) is 23.6 Å². The zero-order valence-electron chi connectivity index (χ0n) is 22.6. The van der Waals surface area contributed by atoms with Crippen LogP contribution in [0.25, 0.3) is 5.76 Å². The maximum atomic E-state index is 13.3. The number of ketones is 1. The van der Waals surface area contributed by atoms with Gasteiger partial charge in [0.25, 0.3) is 11.7 Å². The molecule has 39 heavy (non-hydrogen) atoms. The normalized spacial score (nSPS) is 16.4. The van der Waals surface area contributed by atoms with E-state index in [0.717, 1.165) is 17.5 Å². The fraction of sp³-hybridized carbons (Fsp3) is 0.290. The average molecular weight is 532 g/mol. The molecule has 1 unspecified atom stereocenters. The Bertz CT molecular complexity index is 1390. The van der Waals surface area contributed by atoms with Crippen LogP contribution in [-0.2, 0) is 16.0 Å². The smallest absolute Gasteiger partial charge is 0.295 e. The van der Waals surface area contributed by atoms with Crippen molar-refractivity contribution in [3.8, 4) is 23.0 Å². The van der Waals surface area contributed by atoms with Crippen molar-refractivity contribution in [2.75, 3.05) is 27.4 Å². The molecular formula is C31H33NO7. The second kappa shape index (κ2) is 11.9. The first-order chi connectivity index (χ1) is 18.8. The summed E-state index contributed by atoms with van der Waals surface area (Å²) < 4.78 is 16.4. The molecule has 3 aromatic rings. The van der Waals surface area contributed by atoms with Crippen LogP contribution < -0.4 is 14.2 Å². The number of carbonyl (C=O) groups excluding carboxylic acids is 2. The summed E-state index contributed by atoms with van der Waals surface area (Å²) in [6, 6.07) is 16.1. The van der Waals surface area contributed by atoms with E-state index in [1.165, 1.54) is 17.0 Å². The molecule has 2 N–H and O–H groups in total. The number of phenols is 1. The van der Waals surface area contributed by atoms with Crippen LogP contribution in [0.2, 0.25) is 0 Å². The van der Waals surface area contributed by atoms with Gasteiger partial charge >= 0.3 is 0 Å². The minimum atomic E-state index is -0.831. The summed E-state index contributed by atoms with van der Waals surface area (Å²) in [4.78, 5) is 28.1. The molecule has 1 atom stereocenters. The number of methoxy groups -OCH3 is 2. The number of aryl methyl sites for hydroxylation is 1. The molecule has 1 fully saturated rings. The molecule has 1 aliphatic rings. The molecule has 1 saturated heterocycles. The van der Waals surface area contributed by atoms with E-state index in [9.17, 15) is 19.8 Å². The molecule has 0 aromatic heterocycles. The highest BCUT2D eigenvalue weighted by atomic mass is 16.5. The number of likely N-dealkylation sites (tertiary alicyclic amines) is 1. The summed E-state index contributed by atoms with van der Waals surface area (Å²) in [5.41, 5.74) is 2.70. The summed E-state index contributed by atoms with van der Waals surface area (Å²) in [7, 11) is 3.11. The number of aliphatic hydroxyl groups excluding tert-OH is 1. The molecule has 0 radical (unpaired) electrons. The molecule has 204 valence electrons. The van der Waals surface area contributed by atoms with Gasteiger partial charge in [0.1, 0.15) is 17.3 Å². The Hall–Kier alpha value is -4.46. The first-order valence-corrected chi connectivity index (χ1v) is 12.8. The van der Waals surface area contributed by atoms with Crippen molar-refractivity contribution in [2.24, 2.45) is 0 Å². The first kappa shape index (κ1) is 27.6. The lowest BCUT2D eigenvalue weighted by Crippen LogP contribution is -2.31. The molecule has 1 amide bonds. The van der Waals surface area contributed by atoms with Crippen LogP contribution in [0.15, 0.2) is 66.2 Å². The largest absolute Gasteiger partial charge is 0.508 e. The van der Waals surface area contributed by atoms with Gasteiger partial charge in [0.2, 0.25) is 0 Å². The van der Waals surface area contributed by atoms with Crippen molar-refractivity contribution in [2.45, 2.75) is 32.7 Å². The maximum absolute atomic E-state index is 13.3. The van der Waals surface area contributed by atoms with Gasteiger partial charge in [-0.1, -0.05) is 25.1 Å². The van der Waals surface area contributed by atoms with Crippen LogP contribution >= 0.6 is 0 Å². The molecule has 0 spiro atoms. The Kier molecular flexibility index (Phi) is 8.44. The highest BCUT2D eigenvalue weighted by molar-refractivity contribution is 6.46. The summed E-state index contributed by atoms with van der Waals surface area (Å²) in [5, 5.41) is 21.2. The van der Waals surface area contributed by atoms with Crippen molar-refractivity contribution >= 4 is 17.4 Å². The molecule has 4 rings (SSSR count). The van der Waals surface area contributed by atoms with Crippen LogP contribution in [0.4, 0.5) is 0 Å². The van der Waals surface area contributed by atoms with E-state index in [1.807, 2.05) is 26.0 Å². The van der Waals surface area contributed by atoms with Crippen molar-refractivity contribution < 1.29 is 34.0 Å². The van der Waals surface area contributed by atoms with Gasteiger partial charge in [0.15, 0.2) is 11.5 Å². The number of hydrogen-bond donors (Lipinski definition) is 2. The Morgan fingerprint density at radius 1 is 0.923 bits per heavy atom. The van der Waals surface area contributed by atoms with E-state index in [1.54, 1.807) is 50.6 Å². The van der Waals surface area contributed by atoms with Gasteiger partial charge in [-0.3, -0.25) is 9.59 Å². The van der Waals surface area contributed by atoms with E-state index in [4.69, 9.17) is 14.2 Å². The number of Topliss-reactive ketones (excluding diaryl/α,β-unsaturated/α-hetero) is 1. The Morgan fingerprint density at radius 2 is 1.62 bits per heavy atom. The molecular weight excluding hydrogens is 498 g/mol. The molecule has 0 aliphatic carbocycles. The number of benzene rings is 3. The Balaban J connectivity index is 1.73.